The zero-order chi connectivity index (χ0) is 27.5. The summed E-state index contributed by atoms with van der Waals surface area (Å²) < 4.78 is 21.9. The van der Waals surface area contributed by atoms with Crippen molar-refractivity contribution in [2.75, 3.05) is 32.3 Å². The molecule has 0 saturated carbocycles. The van der Waals surface area contributed by atoms with Crippen molar-refractivity contribution in [1.82, 2.24) is 10.2 Å². The smallest absolute Gasteiger partial charge is 0.338 e. The molecule has 0 radical (unpaired) electrons. The van der Waals surface area contributed by atoms with Gasteiger partial charge < -0.3 is 18.9 Å². The van der Waals surface area contributed by atoms with E-state index >= 15 is 0 Å². The van der Waals surface area contributed by atoms with Gasteiger partial charge in [0.1, 0.15) is 22.9 Å². The van der Waals surface area contributed by atoms with Crippen LogP contribution < -0.4 is 19.1 Å². The molecule has 1 aromatic heterocycles. The maximum absolute atomic E-state index is 13.9. The van der Waals surface area contributed by atoms with E-state index in [1.807, 2.05) is 43.3 Å². The van der Waals surface area contributed by atoms with Crippen molar-refractivity contribution < 1.29 is 28.5 Å². The van der Waals surface area contributed by atoms with E-state index in [9.17, 15) is 9.59 Å². The first-order valence-corrected chi connectivity index (χ1v) is 12.6. The Bertz CT molecular complexity index is 1490. The molecule has 1 amide bonds. The van der Waals surface area contributed by atoms with E-state index in [0.29, 0.717) is 40.7 Å². The SMILES string of the molecule is CCOC(=O)c1ccc(N2C(=O)c3[nH]nc(-c4ccc(OCC)cc4)c3C2c2ccc(OC)cc2OC)cc1. The van der Waals surface area contributed by atoms with Gasteiger partial charge in [0.05, 0.1) is 44.7 Å². The van der Waals surface area contributed by atoms with Gasteiger partial charge in [0.25, 0.3) is 5.91 Å². The largest absolute Gasteiger partial charge is 0.497 e. The van der Waals surface area contributed by atoms with Crippen molar-refractivity contribution in [3.63, 3.8) is 0 Å². The van der Waals surface area contributed by atoms with Crippen LogP contribution >= 0.6 is 0 Å². The number of hydrogen-bond donors (Lipinski definition) is 1. The predicted molar refractivity (Wildman–Crippen MR) is 146 cm³/mol. The number of methoxy groups -OCH3 is 2. The number of carbonyl (C=O) groups is 2. The second-order valence-corrected chi connectivity index (χ2v) is 8.77. The number of aromatic nitrogens is 2. The van der Waals surface area contributed by atoms with Crippen LogP contribution in [0.2, 0.25) is 0 Å². The summed E-state index contributed by atoms with van der Waals surface area (Å²) >= 11 is 0. The lowest BCUT2D eigenvalue weighted by Gasteiger charge is -2.28. The Hall–Kier alpha value is -4.79. The molecule has 0 spiro atoms. The van der Waals surface area contributed by atoms with Crippen molar-refractivity contribution >= 4 is 17.6 Å². The molecule has 39 heavy (non-hydrogen) atoms. The standard InChI is InChI=1S/C30H29N3O6/c1-5-38-21-13-9-18(10-14-21)26-25-27(32-31-26)29(34)33(20-11-7-19(8-12-20)30(35)39-6-2)28(25)23-16-15-22(36-3)17-24(23)37-4/h7-17,28H,5-6H2,1-4H3,(H,31,32). The lowest BCUT2D eigenvalue weighted by atomic mass is 9.95. The molecule has 1 aliphatic rings. The first-order chi connectivity index (χ1) is 19.0. The Morgan fingerprint density at radius 2 is 1.64 bits per heavy atom. The summed E-state index contributed by atoms with van der Waals surface area (Å²) in [5.74, 6) is 1.27. The Morgan fingerprint density at radius 3 is 2.28 bits per heavy atom. The van der Waals surface area contributed by atoms with Crippen LogP contribution in [-0.2, 0) is 4.74 Å². The molecule has 3 aromatic carbocycles. The van der Waals surface area contributed by atoms with Crippen LogP contribution in [0.25, 0.3) is 11.3 Å². The lowest BCUT2D eigenvalue weighted by Crippen LogP contribution is -2.29. The second kappa shape index (κ2) is 10.9. The minimum atomic E-state index is -0.567. The fourth-order valence-corrected chi connectivity index (χ4v) is 4.82. The van der Waals surface area contributed by atoms with Crippen molar-refractivity contribution in [3.05, 3.63) is 89.1 Å². The first kappa shape index (κ1) is 25.8. The van der Waals surface area contributed by atoms with E-state index in [1.165, 1.54) is 0 Å². The molecular formula is C30H29N3O6. The molecule has 1 aliphatic heterocycles. The zero-order valence-corrected chi connectivity index (χ0v) is 22.2. The molecule has 0 fully saturated rings. The summed E-state index contributed by atoms with van der Waals surface area (Å²) in [6.45, 7) is 4.53. The van der Waals surface area contributed by atoms with Gasteiger partial charge in [-0.2, -0.15) is 5.10 Å². The van der Waals surface area contributed by atoms with Gasteiger partial charge in [0, 0.05) is 28.4 Å². The minimum Gasteiger partial charge on any atom is -0.497 e. The highest BCUT2D eigenvalue weighted by molar-refractivity contribution is 6.12. The van der Waals surface area contributed by atoms with E-state index in [0.717, 1.165) is 22.4 Å². The van der Waals surface area contributed by atoms with Gasteiger partial charge in [-0.15, -0.1) is 0 Å². The van der Waals surface area contributed by atoms with Gasteiger partial charge >= 0.3 is 5.97 Å². The number of nitrogens with one attached hydrogen (secondary N) is 1. The monoisotopic (exact) mass is 527 g/mol. The number of ether oxygens (including phenoxy) is 4. The number of benzene rings is 3. The molecule has 1 N–H and O–H groups in total. The molecule has 9 heteroatoms. The molecule has 0 aliphatic carbocycles. The normalized spacial score (nSPS) is 14.2. The number of H-pyrrole nitrogens is 1. The van der Waals surface area contributed by atoms with Gasteiger partial charge in [-0.05, 0) is 74.5 Å². The third-order valence-electron chi connectivity index (χ3n) is 6.60. The number of carbonyl (C=O) groups excluding carboxylic acids is 2. The molecule has 5 rings (SSSR count). The highest BCUT2D eigenvalue weighted by Gasteiger charge is 2.44. The number of anilines is 1. The van der Waals surface area contributed by atoms with Gasteiger partial charge in [0.2, 0.25) is 0 Å². The Labute approximate surface area is 226 Å². The number of rotatable bonds is 9. The first-order valence-electron chi connectivity index (χ1n) is 12.6. The number of esters is 1. The third kappa shape index (κ3) is 4.67. The maximum atomic E-state index is 13.9. The maximum Gasteiger partial charge on any atom is 0.338 e. The van der Waals surface area contributed by atoms with Crippen LogP contribution in [0.5, 0.6) is 17.2 Å². The molecule has 0 bridgehead atoms. The fourth-order valence-electron chi connectivity index (χ4n) is 4.82. The third-order valence-corrected chi connectivity index (χ3v) is 6.60. The number of aromatic amines is 1. The Balaban J connectivity index is 1.65. The number of fused-ring (bicyclic) bond motifs is 1. The van der Waals surface area contributed by atoms with Crippen molar-refractivity contribution in [3.8, 4) is 28.5 Å². The highest BCUT2D eigenvalue weighted by atomic mass is 16.5. The summed E-state index contributed by atoms with van der Waals surface area (Å²) in [6.07, 6.45) is 0. The topological polar surface area (TPSA) is 103 Å². The van der Waals surface area contributed by atoms with Crippen molar-refractivity contribution in [1.29, 1.82) is 0 Å². The summed E-state index contributed by atoms with van der Waals surface area (Å²) in [5, 5.41) is 7.51. The summed E-state index contributed by atoms with van der Waals surface area (Å²) in [6, 6.07) is 19.3. The van der Waals surface area contributed by atoms with Crippen LogP contribution in [0.4, 0.5) is 5.69 Å². The average Bonchev–Trinajstić information content (AvgIpc) is 3.52. The van der Waals surface area contributed by atoms with Gasteiger partial charge in [-0.1, -0.05) is 0 Å². The quantitative estimate of drug-likeness (QED) is 0.290. The molecule has 2 heterocycles. The van der Waals surface area contributed by atoms with Crippen LogP contribution in [0.3, 0.4) is 0 Å². The molecule has 1 unspecified atom stereocenters. The molecular weight excluding hydrogens is 498 g/mol. The van der Waals surface area contributed by atoms with Crippen LogP contribution in [0, 0.1) is 0 Å². The summed E-state index contributed by atoms with van der Waals surface area (Å²) in [4.78, 5) is 27.8. The van der Waals surface area contributed by atoms with Crippen LogP contribution in [0.1, 0.15) is 51.9 Å². The van der Waals surface area contributed by atoms with Crippen LogP contribution in [-0.4, -0.2) is 49.5 Å². The van der Waals surface area contributed by atoms with E-state index < -0.39 is 12.0 Å². The Morgan fingerprint density at radius 1 is 0.923 bits per heavy atom. The van der Waals surface area contributed by atoms with Crippen LogP contribution in [0.15, 0.2) is 66.7 Å². The minimum absolute atomic E-state index is 0.249. The van der Waals surface area contributed by atoms with Gasteiger partial charge in [-0.25, -0.2) is 4.79 Å². The zero-order valence-electron chi connectivity index (χ0n) is 22.2. The lowest BCUT2D eigenvalue weighted by molar-refractivity contribution is 0.0526. The summed E-state index contributed by atoms with van der Waals surface area (Å²) in [5.41, 5.74) is 4.36. The second-order valence-electron chi connectivity index (χ2n) is 8.77. The number of hydrogen-bond acceptors (Lipinski definition) is 7. The highest BCUT2D eigenvalue weighted by Crippen LogP contribution is 2.48. The van der Waals surface area contributed by atoms with E-state index in [-0.39, 0.29) is 12.5 Å². The van der Waals surface area contributed by atoms with E-state index in [4.69, 9.17) is 18.9 Å². The van der Waals surface area contributed by atoms with E-state index in [2.05, 4.69) is 10.2 Å². The number of amides is 1. The molecule has 1 atom stereocenters. The molecule has 200 valence electrons. The van der Waals surface area contributed by atoms with E-state index in [1.54, 1.807) is 56.4 Å². The molecule has 9 nitrogen and oxygen atoms in total. The predicted octanol–water partition coefficient (Wildman–Crippen LogP) is 5.42. The van der Waals surface area contributed by atoms with Gasteiger partial charge in [-0.3, -0.25) is 14.8 Å². The Kier molecular flexibility index (Phi) is 7.23. The average molecular weight is 528 g/mol. The van der Waals surface area contributed by atoms with Crippen molar-refractivity contribution in [2.24, 2.45) is 0 Å². The molecule has 4 aromatic rings. The molecule has 0 saturated heterocycles. The number of nitrogens with zero attached hydrogens (tertiary/aromatic N) is 2. The fraction of sp³-hybridized carbons (Fsp3) is 0.233. The summed E-state index contributed by atoms with van der Waals surface area (Å²) in [7, 11) is 3.17. The van der Waals surface area contributed by atoms with Crippen molar-refractivity contribution in [2.45, 2.75) is 19.9 Å². The van der Waals surface area contributed by atoms with Gasteiger partial charge in [0.15, 0.2) is 0 Å².